The molecule has 1 nitrogen and oxygen atoms in total. The molecule has 0 heterocycles. The molecule has 1 aliphatic carbocycles. The molecule has 0 saturated carbocycles. The lowest BCUT2D eigenvalue weighted by molar-refractivity contribution is 0.368. The number of hydrogen-bond donors (Lipinski definition) is 0. The fraction of sp³-hybridized carbons (Fsp3) is 0.538. The monoisotopic (exact) mass is 426 g/mol. The number of ether oxygens (including phenoxy) is 1. The van der Waals surface area contributed by atoms with Gasteiger partial charge < -0.3 is 4.74 Å². The highest BCUT2D eigenvalue weighted by Crippen LogP contribution is 2.49. The van der Waals surface area contributed by atoms with E-state index in [1.165, 1.54) is 39.7 Å². The second-order valence-electron chi connectivity index (χ2n) is 9.95. The van der Waals surface area contributed by atoms with Crippen molar-refractivity contribution in [1.82, 2.24) is 0 Å². The second kappa shape index (κ2) is 8.81. The number of aryl methyl sites for hydroxylation is 1. The van der Waals surface area contributed by atoms with Crippen LogP contribution in [0.4, 0.5) is 0 Å². The zero-order valence-electron chi connectivity index (χ0n) is 20.5. The first kappa shape index (κ1) is 23.9. The largest absolute Gasteiger partial charge is 0.490 e. The van der Waals surface area contributed by atoms with Gasteiger partial charge >= 0.3 is 0 Å². The molecule has 1 aliphatic rings. The van der Waals surface area contributed by atoms with Crippen molar-refractivity contribution in [3.05, 3.63) is 52.6 Å². The van der Waals surface area contributed by atoms with Gasteiger partial charge in [-0.3, -0.25) is 0 Å². The van der Waals surface area contributed by atoms with Gasteiger partial charge in [0.25, 0.3) is 0 Å². The van der Waals surface area contributed by atoms with Crippen LogP contribution in [0.5, 0.6) is 5.75 Å². The van der Waals surface area contributed by atoms with Gasteiger partial charge in [-0.15, -0.1) is 0 Å². The van der Waals surface area contributed by atoms with Crippen molar-refractivity contribution in [2.45, 2.75) is 85.7 Å². The van der Waals surface area contributed by atoms with Gasteiger partial charge in [-0.05, 0) is 56.1 Å². The fourth-order valence-corrected chi connectivity index (χ4v) is 12.7. The molecule has 0 fully saturated rings. The standard InChI is InChI=1S/C26H42OSi2/c1-12-15-27-25-23(28(9,10)11)16-18(4)17-24(25)29(13-2,14-3)26-21(7)19(5)20(6)22(26)8/h12,16-17,26H,1,13-15H2,2-11H3. The topological polar surface area (TPSA) is 9.23 Å². The molecule has 1 aromatic carbocycles. The lowest BCUT2D eigenvalue weighted by atomic mass is 10.1. The maximum absolute atomic E-state index is 6.51. The number of hydrogen-bond acceptors (Lipinski definition) is 1. The van der Waals surface area contributed by atoms with Gasteiger partial charge in [-0.2, -0.15) is 0 Å². The van der Waals surface area contributed by atoms with Gasteiger partial charge in [0.15, 0.2) is 0 Å². The van der Waals surface area contributed by atoms with Crippen LogP contribution in [0.25, 0.3) is 0 Å². The van der Waals surface area contributed by atoms with Gasteiger partial charge in [-0.1, -0.05) is 87.1 Å². The first-order valence-electron chi connectivity index (χ1n) is 11.2. The number of benzene rings is 1. The molecule has 0 saturated heterocycles. The van der Waals surface area contributed by atoms with E-state index >= 15 is 0 Å². The highest BCUT2D eigenvalue weighted by Gasteiger charge is 2.47. The van der Waals surface area contributed by atoms with E-state index in [4.69, 9.17) is 4.74 Å². The number of rotatable bonds is 8. The van der Waals surface area contributed by atoms with Crippen molar-refractivity contribution in [2.75, 3.05) is 6.61 Å². The molecule has 1 aromatic rings. The van der Waals surface area contributed by atoms with E-state index < -0.39 is 16.1 Å². The van der Waals surface area contributed by atoms with Crippen molar-refractivity contribution >= 4 is 26.5 Å². The summed E-state index contributed by atoms with van der Waals surface area (Å²) in [6.45, 7) is 28.3. The Morgan fingerprint density at radius 1 is 0.897 bits per heavy atom. The highest BCUT2D eigenvalue weighted by molar-refractivity contribution is 6.96. The third-order valence-corrected chi connectivity index (χ3v) is 15.3. The van der Waals surface area contributed by atoms with Gasteiger partial charge in [0.1, 0.15) is 20.4 Å². The normalized spacial score (nSPS) is 16.1. The van der Waals surface area contributed by atoms with E-state index in [0.29, 0.717) is 12.1 Å². The van der Waals surface area contributed by atoms with E-state index in [1.54, 1.807) is 16.3 Å². The lowest BCUT2D eigenvalue weighted by Crippen LogP contribution is -2.54. The van der Waals surface area contributed by atoms with Crippen LogP contribution in [-0.4, -0.2) is 22.8 Å². The predicted octanol–water partition coefficient (Wildman–Crippen LogP) is 6.86. The van der Waals surface area contributed by atoms with Crippen molar-refractivity contribution in [3.63, 3.8) is 0 Å². The first-order valence-corrected chi connectivity index (χ1v) is 17.2. The smallest absolute Gasteiger partial charge is 0.118 e. The van der Waals surface area contributed by atoms with Gasteiger partial charge in [0.05, 0.1) is 8.07 Å². The Bertz CT molecular complexity index is 824. The minimum Gasteiger partial charge on any atom is -0.490 e. The molecule has 160 valence electrons. The van der Waals surface area contributed by atoms with E-state index in [-0.39, 0.29) is 0 Å². The van der Waals surface area contributed by atoms with E-state index in [0.717, 1.165) is 0 Å². The van der Waals surface area contributed by atoms with Crippen LogP contribution < -0.4 is 15.1 Å². The zero-order chi connectivity index (χ0) is 22.1. The maximum atomic E-state index is 6.51. The Kier molecular flexibility index (Phi) is 7.27. The third-order valence-electron chi connectivity index (χ3n) is 7.35. The predicted molar refractivity (Wildman–Crippen MR) is 137 cm³/mol. The maximum Gasteiger partial charge on any atom is 0.118 e. The molecule has 0 amide bonds. The molecule has 2 rings (SSSR count). The minimum absolute atomic E-state index is 0.581. The Morgan fingerprint density at radius 3 is 1.79 bits per heavy atom. The molecular weight excluding hydrogens is 384 g/mol. The summed E-state index contributed by atoms with van der Waals surface area (Å²) < 4.78 is 6.51. The van der Waals surface area contributed by atoms with Crippen LogP contribution in [0.3, 0.4) is 0 Å². The van der Waals surface area contributed by atoms with Crippen LogP contribution in [0, 0.1) is 6.92 Å². The Hall–Kier alpha value is -1.33. The third kappa shape index (κ3) is 4.13. The molecule has 0 aromatic heterocycles. The Balaban J connectivity index is 2.90. The van der Waals surface area contributed by atoms with Crippen molar-refractivity contribution in [2.24, 2.45) is 0 Å². The molecule has 0 bridgehead atoms. The average molecular weight is 427 g/mol. The van der Waals surface area contributed by atoms with E-state index in [9.17, 15) is 0 Å². The SMILES string of the molecule is C=CCOc1c([Si](C)(C)C)cc(C)cc1[Si](CC)(CC)C1C(C)=C(C)C(C)=C1C. The quantitative estimate of drug-likeness (QED) is 0.326. The highest BCUT2D eigenvalue weighted by atomic mass is 28.3. The van der Waals surface area contributed by atoms with Gasteiger partial charge in [0.2, 0.25) is 0 Å². The van der Waals surface area contributed by atoms with Crippen molar-refractivity contribution < 1.29 is 4.74 Å². The van der Waals surface area contributed by atoms with Gasteiger partial charge in [-0.25, -0.2) is 0 Å². The van der Waals surface area contributed by atoms with Crippen LogP contribution in [0.15, 0.2) is 47.1 Å². The average Bonchev–Trinajstić information content (AvgIpc) is 2.85. The van der Waals surface area contributed by atoms with Crippen LogP contribution in [0.2, 0.25) is 37.3 Å². The summed E-state index contributed by atoms with van der Waals surface area (Å²) in [6, 6.07) is 7.35. The first-order chi connectivity index (χ1) is 13.5. The molecule has 0 N–H and O–H groups in total. The van der Waals surface area contributed by atoms with Crippen LogP contribution >= 0.6 is 0 Å². The molecule has 0 unspecified atom stereocenters. The van der Waals surface area contributed by atoms with Crippen molar-refractivity contribution in [1.29, 1.82) is 0 Å². The van der Waals surface area contributed by atoms with E-state index in [2.05, 4.69) is 86.8 Å². The summed E-state index contributed by atoms with van der Waals surface area (Å²) in [5.74, 6) is 1.20. The molecule has 0 spiro atoms. The summed E-state index contributed by atoms with van der Waals surface area (Å²) in [5, 5.41) is 3.02. The van der Waals surface area contributed by atoms with Gasteiger partial charge in [0, 0.05) is 5.54 Å². The summed E-state index contributed by atoms with van der Waals surface area (Å²) >= 11 is 0. The molecule has 0 atom stereocenters. The molecular formula is C26H42OSi2. The summed E-state index contributed by atoms with van der Waals surface area (Å²) in [4.78, 5) is 0. The molecule has 3 heteroatoms. The summed E-state index contributed by atoms with van der Waals surface area (Å²) in [6.07, 6.45) is 1.89. The molecule has 0 radical (unpaired) electrons. The number of allylic oxidation sites excluding steroid dienone is 4. The fourth-order valence-electron chi connectivity index (χ4n) is 5.37. The lowest BCUT2D eigenvalue weighted by Gasteiger charge is -2.41. The van der Waals surface area contributed by atoms with E-state index in [1.807, 2.05) is 6.08 Å². The minimum atomic E-state index is -1.89. The van der Waals surface area contributed by atoms with Crippen LogP contribution in [0.1, 0.15) is 47.1 Å². The summed E-state index contributed by atoms with van der Waals surface area (Å²) in [7, 11) is -3.44. The second-order valence-corrected chi connectivity index (χ2v) is 19.8. The molecule has 0 aliphatic heterocycles. The van der Waals surface area contributed by atoms with Crippen LogP contribution in [-0.2, 0) is 0 Å². The van der Waals surface area contributed by atoms with Crippen molar-refractivity contribution in [3.8, 4) is 5.75 Å². The molecule has 29 heavy (non-hydrogen) atoms. The Morgan fingerprint density at radius 2 is 1.38 bits per heavy atom. The summed E-state index contributed by atoms with van der Waals surface area (Å²) in [5.41, 5.74) is 8.19. The Labute approximate surface area is 182 Å². The zero-order valence-corrected chi connectivity index (χ0v) is 22.5.